The van der Waals surface area contributed by atoms with Crippen molar-refractivity contribution in [2.24, 2.45) is 0 Å². The standard InChI is InChI=1S/C24H19N3O2S/c28-23(20-11-4-5-12-22(20)29-19-9-2-1-3-10-19)25-18-8-6-7-17(15-18)21-16-27-13-14-30-24(27)26-21/h1-12,15-16H,13-14H2,(H,25,28). The Morgan fingerprint density at radius 2 is 1.83 bits per heavy atom. The van der Waals surface area contributed by atoms with Crippen LogP contribution in [0.25, 0.3) is 11.3 Å². The maximum atomic E-state index is 13.0. The molecular formula is C24H19N3O2S. The van der Waals surface area contributed by atoms with Crippen LogP contribution in [0.15, 0.2) is 90.2 Å². The van der Waals surface area contributed by atoms with Gasteiger partial charge in [0.25, 0.3) is 5.91 Å². The highest BCUT2D eigenvalue weighted by molar-refractivity contribution is 7.99. The monoisotopic (exact) mass is 413 g/mol. The number of aromatic nitrogens is 2. The third-order valence-electron chi connectivity index (χ3n) is 4.82. The van der Waals surface area contributed by atoms with Gasteiger partial charge in [-0.25, -0.2) is 4.98 Å². The Bertz CT molecular complexity index is 1180. The second kappa shape index (κ2) is 8.08. The summed E-state index contributed by atoms with van der Waals surface area (Å²) in [5.74, 6) is 2.05. The average Bonchev–Trinajstić information content (AvgIpc) is 3.38. The van der Waals surface area contributed by atoms with Crippen molar-refractivity contribution in [3.05, 3.63) is 90.6 Å². The lowest BCUT2D eigenvalue weighted by Crippen LogP contribution is -2.13. The first kappa shape index (κ1) is 18.5. The number of amides is 1. The Labute approximate surface area is 178 Å². The van der Waals surface area contributed by atoms with Gasteiger partial charge in [0, 0.05) is 29.7 Å². The first-order valence-corrected chi connectivity index (χ1v) is 10.7. The van der Waals surface area contributed by atoms with Crippen LogP contribution in [0.5, 0.6) is 11.5 Å². The Hall–Kier alpha value is -3.51. The second-order valence-corrected chi connectivity index (χ2v) is 7.96. The average molecular weight is 414 g/mol. The van der Waals surface area contributed by atoms with Crippen LogP contribution >= 0.6 is 11.8 Å². The van der Waals surface area contributed by atoms with Crippen LogP contribution in [0, 0.1) is 0 Å². The number of fused-ring (bicyclic) bond motifs is 1. The summed E-state index contributed by atoms with van der Waals surface area (Å²) in [7, 11) is 0. The fourth-order valence-electron chi connectivity index (χ4n) is 3.36. The van der Waals surface area contributed by atoms with Crippen LogP contribution in [0.3, 0.4) is 0 Å². The first-order valence-electron chi connectivity index (χ1n) is 9.70. The van der Waals surface area contributed by atoms with E-state index < -0.39 is 0 Å². The molecule has 4 aromatic rings. The number of anilines is 1. The lowest BCUT2D eigenvalue weighted by molar-refractivity contribution is 0.102. The van der Waals surface area contributed by atoms with Crippen molar-refractivity contribution in [1.82, 2.24) is 9.55 Å². The topological polar surface area (TPSA) is 56.2 Å². The van der Waals surface area contributed by atoms with E-state index in [0.29, 0.717) is 22.7 Å². The lowest BCUT2D eigenvalue weighted by Gasteiger charge is -2.12. The Morgan fingerprint density at radius 1 is 1.00 bits per heavy atom. The Morgan fingerprint density at radius 3 is 2.70 bits per heavy atom. The number of thioether (sulfide) groups is 1. The molecule has 2 heterocycles. The van der Waals surface area contributed by atoms with Crippen LogP contribution in [-0.2, 0) is 6.54 Å². The van der Waals surface area contributed by atoms with Crippen molar-refractivity contribution in [2.45, 2.75) is 11.7 Å². The molecule has 0 spiro atoms. The highest BCUT2D eigenvalue weighted by Crippen LogP contribution is 2.30. The summed E-state index contributed by atoms with van der Waals surface area (Å²) in [4.78, 5) is 17.7. The van der Waals surface area contributed by atoms with E-state index in [1.165, 1.54) is 0 Å². The summed E-state index contributed by atoms with van der Waals surface area (Å²) in [5.41, 5.74) is 3.09. The van der Waals surface area contributed by atoms with E-state index in [-0.39, 0.29) is 5.91 Å². The van der Waals surface area contributed by atoms with Crippen molar-refractivity contribution < 1.29 is 9.53 Å². The third-order valence-corrected chi connectivity index (χ3v) is 5.79. The number of imidazole rings is 1. The van der Waals surface area contributed by atoms with Crippen LogP contribution in [-0.4, -0.2) is 21.2 Å². The van der Waals surface area contributed by atoms with Gasteiger partial charge in [0.05, 0.1) is 11.3 Å². The van der Waals surface area contributed by atoms with Gasteiger partial charge in [-0.2, -0.15) is 0 Å². The van der Waals surface area contributed by atoms with Crippen molar-refractivity contribution in [3.63, 3.8) is 0 Å². The zero-order valence-electron chi connectivity index (χ0n) is 16.1. The highest BCUT2D eigenvalue weighted by Gasteiger charge is 2.16. The number of aryl methyl sites for hydroxylation is 1. The summed E-state index contributed by atoms with van der Waals surface area (Å²) in [5, 5.41) is 4.03. The van der Waals surface area contributed by atoms with E-state index in [9.17, 15) is 4.79 Å². The van der Waals surface area contributed by atoms with Crippen LogP contribution in [0.1, 0.15) is 10.4 Å². The highest BCUT2D eigenvalue weighted by atomic mass is 32.2. The number of nitrogens with zero attached hydrogens (tertiary/aromatic N) is 2. The second-order valence-electron chi connectivity index (χ2n) is 6.90. The van der Waals surface area contributed by atoms with Gasteiger partial charge in [0.1, 0.15) is 11.5 Å². The van der Waals surface area contributed by atoms with Gasteiger partial charge in [0.2, 0.25) is 0 Å². The van der Waals surface area contributed by atoms with Gasteiger partial charge in [-0.15, -0.1) is 0 Å². The Kier molecular flexibility index (Phi) is 4.99. The number of hydrogen-bond donors (Lipinski definition) is 1. The molecule has 0 unspecified atom stereocenters. The van der Waals surface area contributed by atoms with E-state index >= 15 is 0 Å². The molecule has 6 heteroatoms. The largest absolute Gasteiger partial charge is 0.457 e. The van der Waals surface area contributed by atoms with E-state index in [4.69, 9.17) is 9.72 Å². The minimum Gasteiger partial charge on any atom is -0.457 e. The van der Waals surface area contributed by atoms with Crippen LogP contribution < -0.4 is 10.1 Å². The fourth-order valence-corrected chi connectivity index (χ4v) is 4.31. The Balaban J connectivity index is 1.37. The number of carbonyl (C=O) groups is 1. The molecule has 0 aliphatic carbocycles. The number of para-hydroxylation sites is 2. The van der Waals surface area contributed by atoms with Gasteiger partial charge < -0.3 is 14.6 Å². The summed E-state index contributed by atoms with van der Waals surface area (Å²) in [6.07, 6.45) is 2.07. The number of rotatable bonds is 5. The lowest BCUT2D eigenvalue weighted by atomic mass is 10.1. The molecular weight excluding hydrogens is 394 g/mol. The number of hydrogen-bond acceptors (Lipinski definition) is 4. The molecule has 148 valence electrons. The minimum absolute atomic E-state index is 0.221. The number of ether oxygens (including phenoxy) is 1. The molecule has 1 N–H and O–H groups in total. The number of carbonyl (C=O) groups excluding carboxylic acids is 1. The first-order chi connectivity index (χ1) is 14.8. The summed E-state index contributed by atoms with van der Waals surface area (Å²) in [6, 6.07) is 24.4. The smallest absolute Gasteiger partial charge is 0.259 e. The molecule has 0 atom stereocenters. The summed E-state index contributed by atoms with van der Waals surface area (Å²) >= 11 is 1.77. The normalized spacial score (nSPS) is 12.4. The number of nitrogens with one attached hydrogen (secondary N) is 1. The zero-order valence-corrected chi connectivity index (χ0v) is 16.9. The fraction of sp³-hybridized carbons (Fsp3) is 0.0833. The van der Waals surface area contributed by atoms with Crippen molar-refractivity contribution in [1.29, 1.82) is 0 Å². The summed E-state index contributed by atoms with van der Waals surface area (Å²) < 4.78 is 8.09. The van der Waals surface area contributed by atoms with Gasteiger partial charge in [-0.1, -0.05) is 54.2 Å². The van der Waals surface area contributed by atoms with Gasteiger partial charge in [-0.05, 0) is 36.4 Å². The van der Waals surface area contributed by atoms with Gasteiger partial charge >= 0.3 is 0 Å². The van der Waals surface area contributed by atoms with Crippen molar-refractivity contribution >= 4 is 23.4 Å². The maximum absolute atomic E-state index is 13.0. The molecule has 0 bridgehead atoms. The SMILES string of the molecule is O=C(Nc1cccc(-c2cn3c(n2)SCC3)c1)c1ccccc1Oc1ccccc1. The molecule has 0 saturated carbocycles. The molecule has 30 heavy (non-hydrogen) atoms. The van der Waals surface area contributed by atoms with E-state index in [1.807, 2.05) is 66.7 Å². The van der Waals surface area contributed by atoms with E-state index in [1.54, 1.807) is 23.9 Å². The predicted octanol–water partition coefficient (Wildman–Crippen LogP) is 5.70. The molecule has 1 aliphatic rings. The van der Waals surface area contributed by atoms with Gasteiger partial charge in [-0.3, -0.25) is 4.79 Å². The quantitative estimate of drug-likeness (QED) is 0.456. The molecule has 1 aromatic heterocycles. The van der Waals surface area contributed by atoms with Crippen molar-refractivity contribution in [3.8, 4) is 22.8 Å². The minimum atomic E-state index is -0.221. The predicted molar refractivity (Wildman–Crippen MR) is 119 cm³/mol. The van der Waals surface area contributed by atoms with E-state index in [0.717, 1.165) is 28.7 Å². The molecule has 0 radical (unpaired) electrons. The van der Waals surface area contributed by atoms with Crippen molar-refractivity contribution in [2.75, 3.05) is 11.1 Å². The third kappa shape index (κ3) is 3.82. The van der Waals surface area contributed by atoms with Gasteiger partial charge in [0.15, 0.2) is 5.16 Å². The van der Waals surface area contributed by atoms with E-state index in [2.05, 4.69) is 16.1 Å². The zero-order chi connectivity index (χ0) is 20.3. The maximum Gasteiger partial charge on any atom is 0.259 e. The van der Waals surface area contributed by atoms with Crippen LogP contribution in [0.4, 0.5) is 5.69 Å². The molecule has 5 rings (SSSR count). The number of benzene rings is 3. The molecule has 0 fully saturated rings. The summed E-state index contributed by atoms with van der Waals surface area (Å²) in [6.45, 7) is 0.988. The molecule has 1 amide bonds. The molecule has 1 aliphatic heterocycles. The molecule has 3 aromatic carbocycles. The van der Waals surface area contributed by atoms with Crippen LogP contribution in [0.2, 0.25) is 0 Å². The molecule has 5 nitrogen and oxygen atoms in total. The molecule has 0 saturated heterocycles.